The van der Waals surface area contributed by atoms with Crippen LogP contribution in [-0.4, -0.2) is 75.6 Å². The zero-order chi connectivity index (χ0) is 20.4. The molecule has 1 aromatic carbocycles. The first-order chi connectivity index (χ1) is 13.5. The molecule has 1 aliphatic rings. The standard InChI is InChI=1S/C21H35N5O2.HI/c1-5-22-21(23-13-7-15-26-14-6-8-20(26)27)24-16-19(25(2)3)17-9-11-18(28-4)12-10-17;/h9-12,19H,5-8,13-16H2,1-4H3,(H2,22,23,24);1H. The van der Waals surface area contributed by atoms with Crippen molar-refractivity contribution in [3.05, 3.63) is 29.8 Å². The molecule has 29 heavy (non-hydrogen) atoms. The number of methoxy groups -OCH3 is 1. The monoisotopic (exact) mass is 517 g/mol. The van der Waals surface area contributed by atoms with Gasteiger partial charge in [0.1, 0.15) is 5.75 Å². The highest BCUT2D eigenvalue weighted by molar-refractivity contribution is 14.0. The molecule has 1 unspecified atom stereocenters. The Morgan fingerprint density at radius 2 is 2.00 bits per heavy atom. The first-order valence-electron chi connectivity index (χ1n) is 10.2. The van der Waals surface area contributed by atoms with E-state index in [9.17, 15) is 4.79 Å². The lowest BCUT2D eigenvalue weighted by molar-refractivity contribution is -0.127. The van der Waals surface area contributed by atoms with Crippen LogP contribution in [0.1, 0.15) is 37.8 Å². The molecule has 1 saturated heterocycles. The number of nitrogens with one attached hydrogen (secondary N) is 2. The Morgan fingerprint density at radius 3 is 2.55 bits per heavy atom. The molecule has 8 heteroatoms. The Hall–Kier alpha value is -1.55. The quantitative estimate of drug-likeness (QED) is 0.216. The van der Waals surface area contributed by atoms with E-state index >= 15 is 0 Å². The molecule has 0 saturated carbocycles. The lowest BCUT2D eigenvalue weighted by Gasteiger charge is -2.24. The van der Waals surface area contributed by atoms with Crippen molar-refractivity contribution in [1.82, 2.24) is 20.4 Å². The van der Waals surface area contributed by atoms with Crippen molar-refractivity contribution in [1.29, 1.82) is 0 Å². The van der Waals surface area contributed by atoms with Crippen LogP contribution in [0.15, 0.2) is 29.3 Å². The largest absolute Gasteiger partial charge is 0.497 e. The molecule has 1 atom stereocenters. The van der Waals surface area contributed by atoms with Crippen molar-refractivity contribution >= 4 is 35.8 Å². The number of aliphatic imine (C=N–C) groups is 1. The second kappa shape index (κ2) is 13.6. The highest BCUT2D eigenvalue weighted by Gasteiger charge is 2.19. The normalized spacial score (nSPS) is 15.3. The number of guanidine groups is 1. The van der Waals surface area contributed by atoms with E-state index in [1.165, 1.54) is 5.56 Å². The maximum absolute atomic E-state index is 11.7. The first kappa shape index (κ1) is 25.5. The van der Waals surface area contributed by atoms with Crippen molar-refractivity contribution in [2.24, 2.45) is 4.99 Å². The molecule has 1 heterocycles. The molecular weight excluding hydrogens is 481 g/mol. The summed E-state index contributed by atoms with van der Waals surface area (Å²) < 4.78 is 5.25. The summed E-state index contributed by atoms with van der Waals surface area (Å²) in [6.45, 7) is 6.04. The number of nitrogens with zero attached hydrogens (tertiary/aromatic N) is 3. The average molecular weight is 517 g/mol. The number of rotatable bonds is 10. The Kier molecular flexibility index (Phi) is 12.0. The molecule has 7 nitrogen and oxygen atoms in total. The van der Waals surface area contributed by atoms with E-state index in [2.05, 4.69) is 48.7 Å². The Bertz CT molecular complexity index is 636. The van der Waals surface area contributed by atoms with Crippen LogP contribution < -0.4 is 15.4 Å². The van der Waals surface area contributed by atoms with Crippen LogP contribution in [0.3, 0.4) is 0 Å². The number of hydrogen-bond donors (Lipinski definition) is 2. The van der Waals surface area contributed by atoms with Crippen molar-refractivity contribution in [3.63, 3.8) is 0 Å². The fourth-order valence-corrected chi connectivity index (χ4v) is 3.33. The predicted molar refractivity (Wildman–Crippen MR) is 129 cm³/mol. The average Bonchev–Trinajstić information content (AvgIpc) is 3.10. The van der Waals surface area contributed by atoms with Gasteiger partial charge in [-0.2, -0.15) is 0 Å². The van der Waals surface area contributed by atoms with Crippen LogP contribution in [0.5, 0.6) is 5.75 Å². The van der Waals surface area contributed by atoms with Crippen LogP contribution in [0, 0.1) is 0 Å². The number of likely N-dealkylation sites (N-methyl/N-ethyl adjacent to an activating group) is 1. The topological polar surface area (TPSA) is 69.2 Å². The van der Waals surface area contributed by atoms with Crippen LogP contribution >= 0.6 is 24.0 Å². The molecule has 1 aliphatic heterocycles. The van der Waals surface area contributed by atoms with Gasteiger partial charge in [-0.05, 0) is 51.6 Å². The van der Waals surface area contributed by atoms with Gasteiger partial charge < -0.3 is 25.2 Å². The smallest absolute Gasteiger partial charge is 0.222 e. The van der Waals surface area contributed by atoms with E-state index in [4.69, 9.17) is 9.73 Å². The molecular formula is C21H36IN5O2. The summed E-state index contributed by atoms with van der Waals surface area (Å²) in [6, 6.07) is 8.33. The zero-order valence-electron chi connectivity index (χ0n) is 18.1. The highest BCUT2D eigenvalue weighted by atomic mass is 127. The fourth-order valence-electron chi connectivity index (χ4n) is 3.33. The molecule has 164 valence electrons. The lowest BCUT2D eigenvalue weighted by Crippen LogP contribution is -2.39. The molecule has 0 aliphatic carbocycles. The molecule has 1 fully saturated rings. The van der Waals surface area contributed by atoms with Gasteiger partial charge in [-0.25, -0.2) is 0 Å². The first-order valence-corrected chi connectivity index (χ1v) is 10.2. The second-order valence-electron chi connectivity index (χ2n) is 7.24. The Balaban J connectivity index is 0.00000420. The van der Waals surface area contributed by atoms with E-state index in [-0.39, 0.29) is 35.9 Å². The number of hydrogen-bond acceptors (Lipinski definition) is 4. The van der Waals surface area contributed by atoms with Crippen LogP contribution in [0.25, 0.3) is 0 Å². The van der Waals surface area contributed by atoms with Crippen molar-refractivity contribution < 1.29 is 9.53 Å². The SMILES string of the molecule is CCNC(=NCC(c1ccc(OC)cc1)N(C)C)NCCCN1CCCC1=O.I. The summed E-state index contributed by atoms with van der Waals surface area (Å²) in [5.74, 6) is 1.96. The number of halogens is 1. The van der Waals surface area contributed by atoms with Gasteiger partial charge in [0.15, 0.2) is 5.96 Å². The van der Waals surface area contributed by atoms with Gasteiger partial charge in [0, 0.05) is 32.6 Å². The molecule has 0 bridgehead atoms. The predicted octanol–water partition coefficient (Wildman–Crippen LogP) is 2.48. The minimum absolute atomic E-state index is 0. The maximum atomic E-state index is 11.7. The maximum Gasteiger partial charge on any atom is 0.222 e. The van der Waals surface area contributed by atoms with Gasteiger partial charge in [0.2, 0.25) is 5.91 Å². The van der Waals surface area contributed by atoms with Gasteiger partial charge in [-0.1, -0.05) is 12.1 Å². The van der Waals surface area contributed by atoms with E-state index in [0.29, 0.717) is 13.0 Å². The Labute approximate surface area is 192 Å². The third kappa shape index (κ3) is 8.38. The van der Waals surface area contributed by atoms with Crippen LogP contribution in [0.2, 0.25) is 0 Å². The fraction of sp³-hybridized carbons (Fsp3) is 0.619. The van der Waals surface area contributed by atoms with E-state index in [0.717, 1.165) is 50.7 Å². The molecule has 0 aromatic heterocycles. The number of amides is 1. The summed E-state index contributed by atoms with van der Waals surface area (Å²) in [6.07, 6.45) is 2.62. The third-order valence-electron chi connectivity index (χ3n) is 4.96. The third-order valence-corrected chi connectivity index (χ3v) is 4.96. The van der Waals surface area contributed by atoms with Crippen molar-refractivity contribution in [2.45, 2.75) is 32.2 Å². The second-order valence-corrected chi connectivity index (χ2v) is 7.24. The summed E-state index contributed by atoms with van der Waals surface area (Å²) in [4.78, 5) is 20.6. The minimum atomic E-state index is 0. The molecule has 1 aromatic rings. The number of carbonyl (C=O) groups is 1. The molecule has 1 amide bonds. The summed E-state index contributed by atoms with van der Waals surface area (Å²) in [7, 11) is 5.81. The number of carbonyl (C=O) groups excluding carboxylic acids is 1. The molecule has 0 radical (unpaired) electrons. The van der Waals surface area contributed by atoms with E-state index in [1.807, 2.05) is 17.0 Å². The molecule has 0 spiro atoms. The van der Waals surface area contributed by atoms with E-state index < -0.39 is 0 Å². The van der Waals surface area contributed by atoms with Gasteiger partial charge in [0.25, 0.3) is 0 Å². The van der Waals surface area contributed by atoms with Gasteiger partial charge in [-0.3, -0.25) is 9.79 Å². The summed E-state index contributed by atoms with van der Waals surface area (Å²) in [5.41, 5.74) is 1.21. The van der Waals surface area contributed by atoms with Gasteiger partial charge >= 0.3 is 0 Å². The van der Waals surface area contributed by atoms with Gasteiger partial charge in [0.05, 0.1) is 19.7 Å². The van der Waals surface area contributed by atoms with Crippen molar-refractivity contribution in [3.8, 4) is 5.75 Å². The zero-order valence-corrected chi connectivity index (χ0v) is 20.4. The number of likely N-dealkylation sites (tertiary alicyclic amines) is 1. The summed E-state index contributed by atoms with van der Waals surface area (Å²) in [5, 5.41) is 6.69. The van der Waals surface area contributed by atoms with Crippen LogP contribution in [-0.2, 0) is 4.79 Å². The number of ether oxygens (including phenoxy) is 1. The minimum Gasteiger partial charge on any atom is -0.497 e. The van der Waals surface area contributed by atoms with Crippen molar-refractivity contribution in [2.75, 3.05) is 53.9 Å². The number of benzene rings is 1. The molecule has 2 rings (SSSR count). The van der Waals surface area contributed by atoms with E-state index in [1.54, 1.807) is 7.11 Å². The van der Waals surface area contributed by atoms with Crippen LogP contribution in [0.4, 0.5) is 0 Å². The van der Waals surface area contributed by atoms with Gasteiger partial charge in [-0.15, -0.1) is 24.0 Å². The highest BCUT2D eigenvalue weighted by Crippen LogP contribution is 2.21. The lowest BCUT2D eigenvalue weighted by atomic mass is 10.1. The summed E-state index contributed by atoms with van der Waals surface area (Å²) >= 11 is 0. The molecule has 2 N–H and O–H groups in total. The Morgan fingerprint density at radius 1 is 1.28 bits per heavy atom.